The molecule has 0 aromatic carbocycles. The quantitative estimate of drug-likeness (QED) is 0.624. The Balaban J connectivity index is 2.42. The lowest BCUT2D eigenvalue weighted by atomic mass is 9.88. The van der Waals surface area contributed by atoms with Crippen molar-refractivity contribution in [3.05, 3.63) is 0 Å². The second-order valence-electron chi connectivity index (χ2n) is 3.33. The molecule has 0 amide bonds. The first-order valence-corrected chi connectivity index (χ1v) is 4.63. The second kappa shape index (κ2) is 4.45. The molecule has 1 heterocycles. The third-order valence-electron chi connectivity index (χ3n) is 2.42. The van der Waals surface area contributed by atoms with Crippen molar-refractivity contribution in [2.75, 3.05) is 19.7 Å². The first-order valence-electron chi connectivity index (χ1n) is 4.63. The zero-order chi connectivity index (χ0) is 8.97. The molecule has 2 atom stereocenters. The van der Waals surface area contributed by atoms with Gasteiger partial charge in [0, 0.05) is 6.54 Å². The van der Waals surface area contributed by atoms with Crippen molar-refractivity contribution in [3.8, 4) is 0 Å². The van der Waals surface area contributed by atoms with Crippen molar-refractivity contribution in [1.29, 1.82) is 0 Å². The lowest BCUT2D eigenvalue weighted by Crippen LogP contribution is -2.40. The van der Waals surface area contributed by atoms with E-state index in [1.165, 1.54) is 0 Å². The monoisotopic (exact) mass is 171 g/mol. The van der Waals surface area contributed by atoms with E-state index in [1.54, 1.807) is 0 Å². The summed E-state index contributed by atoms with van der Waals surface area (Å²) in [7, 11) is 0. The van der Waals surface area contributed by atoms with Crippen LogP contribution in [-0.4, -0.2) is 25.7 Å². The highest BCUT2D eigenvalue weighted by Gasteiger charge is 2.28. The van der Waals surface area contributed by atoms with Crippen LogP contribution in [0.5, 0.6) is 0 Å². The summed E-state index contributed by atoms with van der Waals surface area (Å²) < 4.78 is 4.97. The van der Waals surface area contributed by atoms with E-state index in [4.69, 9.17) is 4.74 Å². The number of rotatable bonds is 2. The molecule has 0 unspecified atom stereocenters. The maximum absolute atomic E-state index is 11.3. The van der Waals surface area contributed by atoms with Crippen molar-refractivity contribution in [2.24, 2.45) is 11.8 Å². The molecule has 0 aromatic heterocycles. The van der Waals surface area contributed by atoms with E-state index >= 15 is 0 Å². The molecule has 1 N–H and O–H groups in total. The fourth-order valence-corrected chi connectivity index (χ4v) is 1.55. The van der Waals surface area contributed by atoms with Gasteiger partial charge in [0.25, 0.3) is 0 Å². The zero-order valence-corrected chi connectivity index (χ0v) is 7.80. The average Bonchev–Trinajstić information content (AvgIpc) is 2.05. The van der Waals surface area contributed by atoms with Gasteiger partial charge in [0.15, 0.2) is 0 Å². The van der Waals surface area contributed by atoms with Crippen LogP contribution in [0.25, 0.3) is 0 Å². The van der Waals surface area contributed by atoms with Gasteiger partial charge in [-0.1, -0.05) is 6.92 Å². The first kappa shape index (κ1) is 9.52. The number of carbonyl (C=O) groups excluding carboxylic acids is 1. The van der Waals surface area contributed by atoms with Gasteiger partial charge in [-0.3, -0.25) is 4.79 Å². The Morgan fingerprint density at radius 1 is 1.67 bits per heavy atom. The SMILES string of the molecule is CCOC(=O)[C@@H]1CNCC[C@@H]1C. The Morgan fingerprint density at radius 3 is 3.00 bits per heavy atom. The van der Waals surface area contributed by atoms with Gasteiger partial charge in [-0.25, -0.2) is 0 Å². The molecule has 0 spiro atoms. The van der Waals surface area contributed by atoms with Crippen molar-refractivity contribution >= 4 is 5.97 Å². The molecule has 0 aliphatic carbocycles. The molecule has 1 aliphatic heterocycles. The molecule has 1 rings (SSSR count). The normalized spacial score (nSPS) is 29.8. The molecule has 0 saturated carbocycles. The van der Waals surface area contributed by atoms with Gasteiger partial charge >= 0.3 is 5.97 Å². The number of hydrogen-bond acceptors (Lipinski definition) is 3. The maximum atomic E-state index is 11.3. The maximum Gasteiger partial charge on any atom is 0.310 e. The van der Waals surface area contributed by atoms with Crippen molar-refractivity contribution in [1.82, 2.24) is 5.32 Å². The summed E-state index contributed by atoms with van der Waals surface area (Å²) in [5.74, 6) is 0.487. The molecular weight excluding hydrogens is 154 g/mol. The molecule has 3 heteroatoms. The molecule has 1 aliphatic rings. The van der Waals surface area contributed by atoms with Crippen LogP contribution in [0.1, 0.15) is 20.3 Å². The van der Waals surface area contributed by atoms with Crippen LogP contribution in [0.15, 0.2) is 0 Å². The van der Waals surface area contributed by atoms with Crippen LogP contribution in [0.2, 0.25) is 0 Å². The molecule has 1 saturated heterocycles. The molecule has 0 bridgehead atoms. The van der Waals surface area contributed by atoms with E-state index < -0.39 is 0 Å². The van der Waals surface area contributed by atoms with Crippen LogP contribution in [0.3, 0.4) is 0 Å². The molecular formula is C9H17NO2. The van der Waals surface area contributed by atoms with E-state index in [-0.39, 0.29) is 11.9 Å². The van der Waals surface area contributed by atoms with Crippen molar-refractivity contribution in [3.63, 3.8) is 0 Å². The number of nitrogens with one attached hydrogen (secondary N) is 1. The number of esters is 1. The van der Waals surface area contributed by atoms with Gasteiger partial charge in [-0.2, -0.15) is 0 Å². The van der Waals surface area contributed by atoms with Crippen molar-refractivity contribution in [2.45, 2.75) is 20.3 Å². The third kappa shape index (κ3) is 2.21. The van der Waals surface area contributed by atoms with E-state index in [0.717, 1.165) is 19.5 Å². The Hall–Kier alpha value is -0.570. The minimum atomic E-state index is -0.0443. The third-order valence-corrected chi connectivity index (χ3v) is 2.42. The molecule has 3 nitrogen and oxygen atoms in total. The van der Waals surface area contributed by atoms with Gasteiger partial charge in [0.2, 0.25) is 0 Å². The Morgan fingerprint density at radius 2 is 2.42 bits per heavy atom. The molecule has 12 heavy (non-hydrogen) atoms. The largest absolute Gasteiger partial charge is 0.466 e. The number of hydrogen-bond donors (Lipinski definition) is 1. The average molecular weight is 171 g/mol. The van der Waals surface area contributed by atoms with Crippen molar-refractivity contribution < 1.29 is 9.53 Å². The lowest BCUT2D eigenvalue weighted by molar-refractivity contribution is -0.150. The predicted octanol–water partition coefficient (Wildman–Crippen LogP) is 0.795. The van der Waals surface area contributed by atoms with Gasteiger partial charge in [-0.05, 0) is 25.8 Å². The Labute approximate surface area is 73.5 Å². The first-order chi connectivity index (χ1) is 5.75. The Kier molecular flexibility index (Phi) is 3.53. The molecule has 0 aromatic rings. The lowest BCUT2D eigenvalue weighted by Gasteiger charge is -2.27. The summed E-state index contributed by atoms with van der Waals surface area (Å²) in [6, 6.07) is 0. The topological polar surface area (TPSA) is 38.3 Å². The van der Waals surface area contributed by atoms with Crippen LogP contribution < -0.4 is 5.32 Å². The fraction of sp³-hybridized carbons (Fsp3) is 0.889. The summed E-state index contributed by atoms with van der Waals surface area (Å²) in [5, 5.41) is 3.20. The number of piperidine rings is 1. The summed E-state index contributed by atoms with van der Waals surface area (Å²) in [4.78, 5) is 11.3. The van der Waals surface area contributed by atoms with E-state index in [2.05, 4.69) is 12.2 Å². The second-order valence-corrected chi connectivity index (χ2v) is 3.33. The summed E-state index contributed by atoms with van der Waals surface area (Å²) >= 11 is 0. The summed E-state index contributed by atoms with van der Waals surface area (Å²) in [6.07, 6.45) is 1.07. The van der Waals surface area contributed by atoms with E-state index in [0.29, 0.717) is 12.5 Å². The number of ether oxygens (including phenoxy) is 1. The van der Waals surface area contributed by atoms with E-state index in [1.807, 2.05) is 6.92 Å². The minimum Gasteiger partial charge on any atom is -0.466 e. The van der Waals surface area contributed by atoms with Crippen LogP contribution in [-0.2, 0) is 9.53 Å². The molecule has 1 fully saturated rings. The fourth-order valence-electron chi connectivity index (χ4n) is 1.55. The minimum absolute atomic E-state index is 0.0443. The standard InChI is InChI=1S/C9H17NO2/c1-3-12-9(11)8-6-10-5-4-7(8)2/h7-8,10H,3-6H2,1-2H3/t7-,8+/m0/s1. The van der Waals surface area contributed by atoms with E-state index in [9.17, 15) is 4.79 Å². The van der Waals surface area contributed by atoms with Gasteiger partial charge in [0.1, 0.15) is 0 Å². The van der Waals surface area contributed by atoms with Crippen LogP contribution in [0.4, 0.5) is 0 Å². The highest BCUT2D eigenvalue weighted by Crippen LogP contribution is 2.19. The summed E-state index contributed by atoms with van der Waals surface area (Å²) in [5.41, 5.74) is 0. The molecule has 0 radical (unpaired) electrons. The Bertz CT molecular complexity index is 159. The summed E-state index contributed by atoms with van der Waals surface area (Å²) in [6.45, 7) is 6.25. The van der Waals surface area contributed by atoms with Gasteiger partial charge < -0.3 is 10.1 Å². The highest BCUT2D eigenvalue weighted by atomic mass is 16.5. The smallest absolute Gasteiger partial charge is 0.310 e. The number of carbonyl (C=O) groups is 1. The molecule has 70 valence electrons. The van der Waals surface area contributed by atoms with Gasteiger partial charge in [0.05, 0.1) is 12.5 Å². The van der Waals surface area contributed by atoms with Crippen LogP contribution in [0, 0.1) is 11.8 Å². The highest BCUT2D eigenvalue weighted by molar-refractivity contribution is 5.73. The van der Waals surface area contributed by atoms with Gasteiger partial charge in [-0.15, -0.1) is 0 Å². The van der Waals surface area contributed by atoms with Crippen LogP contribution >= 0.6 is 0 Å². The predicted molar refractivity (Wildman–Crippen MR) is 46.8 cm³/mol. The zero-order valence-electron chi connectivity index (χ0n) is 7.80.